The number of oxime groups is 2. The van der Waals surface area contributed by atoms with Gasteiger partial charge in [0.25, 0.3) is 0 Å². The molecule has 0 atom stereocenters. The van der Waals surface area contributed by atoms with Crippen LogP contribution in [0.1, 0.15) is 53.4 Å². The molecular formula is C17H35N5O2. The van der Waals surface area contributed by atoms with E-state index in [1.165, 1.54) is 0 Å². The molecule has 1 rings (SSSR count). The van der Waals surface area contributed by atoms with E-state index in [0.29, 0.717) is 23.8 Å². The van der Waals surface area contributed by atoms with Gasteiger partial charge in [-0.05, 0) is 79.6 Å². The van der Waals surface area contributed by atoms with Crippen LogP contribution in [0.5, 0.6) is 0 Å². The van der Waals surface area contributed by atoms with Crippen LogP contribution < -0.4 is 16.0 Å². The molecule has 0 amide bonds. The second-order valence-electron chi connectivity index (χ2n) is 7.71. The van der Waals surface area contributed by atoms with Gasteiger partial charge in [-0.2, -0.15) is 0 Å². The van der Waals surface area contributed by atoms with Crippen molar-refractivity contribution in [3.63, 3.8) is 0 Å². The standard InChI is InChI=1S/C17H35N5O2/c1-16(2)14(21-23)12-15(22-24)17(3,4)20-11-8-13(6-9-18-5)7-10-19-16/h13,18-20,23-24H,6-12H2,1-5H3/b21-14-,22-15-. The first-order valence-corrected chi connectivity index (χ1v) is 8.84. The fraction of sp³-hybridized carbons (Fsp3) is 0.882. The summed E-state index contributed by atoms with van der Waals surface area (Å²) >= 11 is 0. The summed E-state index contributed by atoms with van der Waals surface area (Å²) in [5.41, 5.74) is 0.205. The Morgan fingerprint density at radius 3 is 1.83 bits per heavy atom. The summed E-state index contributed by atoms with van der Waals surface area (Å²) in [5.74, 6) is 0.604. The van der Waals surface area contributed by atoms with Crippen molar-refractivity contribution in [3.05, 3.63) is 0 Å². The van der Waals surface area contributed by atoms with Crippen LogP contribution in [0.25, 0.3) is 0 Å². The average molecular weight is 342 g/mol. The van der Waals surface area contributed by atoms with Crippen molar-refractivity contribution >= 4 is 11.4 Å². The summed E-state index contributed by atoms with van der Waals surface area (Å²) in [5, 5.41) is 36.1. The van der Waals surface area contributed by atoms with Gasteiger partial charge in [0.1, 0.15) is 0 Å². The molecule has 0 spiro atoms. The van der Waals surface area contributed by atoms with Gasteiger partial charge in [-0.25, -0.2) is 0 Å². The van der Waals surface area contributed by atoms with Gasteiger partial charge in [-0.15, -0.1) is 0 Å². The average Bonchev–Trinajstić information content (AvgIpc) is 2.51. The molecule has 0 bridgehead atoms. The van der Waals surface area contributed by atoms with Gasteiger partial charge in [0.05, 0.1) is 22.5 Å². The minimum atomic E-state index is -0.465. The molecule has 0 aliphatic carbocycles. The predicted octanol–water partition coefficient (Wildman–Crippen LogP) is 1.79. The molecule has 0 aromatic heterocycles. The highest BCUT2D eigenvalue weighted by molar-refractivity contribution is 6.11. The van der Waals surface area contributed by atoms with Crippen molar-refractivity contribution in [2.45, 2.75) is 64.5 Å². The Morgan fingerprint density at radius 1 is 1.00 bits per heavy atom. The van der Waals surface area contributed by atoms with Crippen molar-refractivity contribution in [2.75, 3.05) is 26.7 Å². The molecule has 0 unspecified atom stereocenters. The van der Waals surface area contributed by atoms with E-state index in [-0.39, 0.29) is 0 Å². The summed E-state index contributed by atoms with van der Waals surface area (Å²) < 4.78 is 0. The zero-order chi connectivity index (χ0) is 18.2. The Bertz CT molecular complexity index is 410. The first-order chi connectivity index (χ1) is 11.3. The van der Waals surface area contributed by atoms with Crippen LogP contribution in [0.4, 0.5) is 0 Å². The Kier molecular flexibility index (Phi) is 8.12. The van der Waals surface area contributed by atoms with E-state index in [4.69, 9.17) is 0 Å². The second-order valence-corrected chi connectivity index (χ2v) is 7.71. The van der Waals surface area contributed by atoms with E-state index in [1.54, 1.807) is 0 Å². The quantitative estimate of drug-likeness (QED) is 0.398. The fourth-order valence-corrected chi connectivity index (χ4v) is 3.08. The molecule has 1 fully saturated rings. The highest BCUT2D eigenvalue weighted by Gasteiger charge is 2.33. The third kappa shape index (κ3) is 6.03. The first kappa shape index (κ1) is 20.9. The van der Waals surface area contributed by atoms with Crippen molar-refractivity contribution in [1.29, 1.82) is 0 Å². The molecular weight excluding hydrogens is 306 g/mol. The van der Waals surface area contributed by atoms with E-state index >= 15 is 0 Å². The maximum absolute atomic E-state index is 9.47. The minimum Gasteiger partial charge on any atom is -0.411 e. The van der Waals surface area contributed by atoms with Crippen LogP contribution in [-0.4, -0.2) is 59.6 Å². The van der Waals surface area contributed by atoms with Crippen molar-refractivity contribution in [3.8, 4) is 0 Å². The summed E-state index contributed by atoms with van der Waals surface area (Å²) in [6.45, 7) is 10.7. The second kappa shape index (κ2) is 9.34. The monoisotopic (exact) mass is 341 g/mol. The molecule has 0 saturated carbocycles. The van der Waals surface area contributed by atoms with E-state index in [2.05, 4.69) is 26.3 Å². The van der Waals surface area contributed by atoms with Crippen LogP contribution in [0.3, 0.4) is 0 Å². The minimum absolute atomic E-state index is 0.316. The highest BCUT2D eigenvalue weighted by atomic mass is 16.4. The summed E-state index contributed by atoms with van der Waals surface area (Å²) in [6, 6.07) is 0. The van der Waals surface area contributed by atoms with Gasteiger partial charge in [0.2, 0.25) is 0 Å². The third-order valence-electron chi connectivity index (χ3n) is 5.06. The molecule has 5 N–H and O–H groups in total. The molecule has 1 aliphatic heterocycles. The van der Waals surface area contributed by atoms with E-state index in [9.17, 15) is 10.4 Å². The molecule has 140 valence electrons. The van der Waals surface area contributed by atoms with Gasteiger partial charge in [-0.1, -0.05) is 10.3 Å². The molecule has 0 radical (unpaired) electrons. The lowest BCUT2D eigenvalue weighted by atomic mass is 9.86. The van der Waals surface area contributed by atoms with E-state index < -0.39 is 11.1 Å². The molecule has 7 nitrogen and oxygen atoms in total. The van der Waals surface area contributed by atoms with E-state index in [1.807, 2.05) is 34.7 Å². The molecule has 7 heteroatoms. The van der Waals surface area contributed by atoms with Gasteiger partial charge >= 0.3 is 0 Å². The highest BCUT2D eigenvalue weighted by Crippen LogP contribution is 2.19. The lowest BCUT2D eigenvalue weighted by Gasteiger charge is -2.34. The number of hydrogen-bond acceptors (Lipinski definition) is 7. The van der Waals surface area contributed by atoms with Gasteiger partial charge in [-0.3, -0.25) is 0 Å². The maximum atomic E-state index is 9.47. The smallest absolute Gasteiger partial charge is 0.0823 e. The summed E-state index contributed by atoms with van der Waals surface area (Å²) in [6.07, 6.45) is 3.60. The maximum Gasteiger partial charge on any atom is 0.0823 e. The molecule has 1 heterocycles. The van der Waals surface area contributed by atoms with Crippen LogP contribution in [-0.2, 0) is 0 Å². The molecule has 0 aromatic rings. The Balaban J connectivity index is 2.98. The molecule has 0 aromatic carbocycles. The number of nitrogens with one attached hydrogen (secondary N) is 3. The Labute approximate surface area is 146 Å². The fourth-order valence-electron chi connectivity index (χ4n) is 3.08. The van der Waals surface area contributed by atoms with Crippen molar-refractivity contribution in [2.24, 2.45) is 16.2 Å². The predicted molar refractivity (Wildman–Crippen MR) is 98.5 cm³/mol. The number of rotatable bonds is 3. The normalized spacial score (nSPS) is 29.1. The Morgan fingerprint density at radius 2 is 1.46 bits per heavy atom. The zero-order valence-electron chi connectivity index (χ0n) is 15.8. The number of hydrogen-bond donors (Lipinski definition) is 5. The van der Waals surface area contributed by atoms with Gasteiger partial charge in [0, 0.05) is 6.42 Å². The Hall–Kier alpha value is -1.18. The zero-order valence-corrected chi connectivity index (χ0v) is 15.8. The van der Waals surface area contributed by atoms with Crippen LogP contribution in [0.2, 0.25) is 0 Å². The summed E-state index contributed by atoms with van der Waals surface area (Å²) in [4.78, 5) is 0. The third-order valence-corrected chi connectivity index (χ3v) is 5.06. The van der Waals surface area contributed by atoms with E-state index in [0.717, 1.165) is 38.9 Å². The molecule has 1 saturated heterocycles. The lowest BCUT2D eigenvalue weighted by Crippen LogP contribution is -2.53. The SMILES string of the molecule is CNCCC1CCNC(C)(C)/C(=N\O)C/C(=N/O)C(C)(C)NCC1. The van der Waals surface area contributed by atoms with Crippen molar-refractivity contribution in [1.82, 2.24) is 16.0 Å². The topological polar surface area (TPSA) is 101 Å². The lowest BCUT2D eigenvalue weighted by molar-refractivity contribution is 0.300. The molecule has 24 heavy (non-hydrogen) atoms. The first-order valence-electron chi connectivity index (χ1n) is 8.84. The van der Waals surface area contributed by atoms with Gasteiger partial charge < -0.3 is 26.4 Å². The number of nitrogens with zero attached hydrogens (tertiary/aromatic N) is 2. The largest absolute Gasteiger partial charge is 0.411 e. The van der Waals surface area contributed by atoms with Gasteiger partial charge in [0.15, 0.2) is 0 Å². The van der Waals surface area contributed by atoms with Crippen LogP contribution in [0.15, 0.2) is 10.3 Å². The summed E-state index contributed by atoms with van der Waals surface area (Å²) in [7, 11) is 1.98. The van der Waals surface area contributed by atoms with Crippen LogP contribution in [0, 0.1) is 5.92 Å². The van der Waals surface area contributed by atoms with Crippen molar-refractivity contribution < 1.29 is 10.4 Å². The molecule has 1 aliphatic rings. The van der Waals surface area contributed by atoms with Crippen LogP contribution >= 0.6 is 0 Å².